The molecule has 1 aromatic rings. The van der Waals surface area contributed by atoms with Gasteiger partial charge in [0.2, 0.25) is 0 Å². The summed E-state index contributed by atoms with van der Waals surface area (Å²) in [5.41, 5.74) is 0.350. The topological polar surface area (TPSA) is 32.3 Å². The minimum atomic E-state index is -0.951. The van der Waals surface area contributed by atoms with Crippen LogP contribution in [-0.2, 0) is 0 Å². The van der Waals surface area contributed by atoms with Gasteiger partial charge in [-0.1, -0.05) is 12.1 Å². The second-order valence-electron chi connectivity index (χ2n) is 3.60. The molecule has 0 aromatic heterocycles. The lowest BCUT2D eigenvalue weighted by atomic mass is 10.0. The number of benzene rings is 1. The van der Waals surface area contributed by atoms with Crippen molar-refractivity contribution in [2.75, 3.05) is 6.54 Å². The first-order valence-electron chi connectivity index (χ1n) is 5.03. The van der Waals surface area contributed by atoms with Gasteiger partial charge in [0.05, 0.1) is 6.10 Å². The van der Waals surface area contributed by atoms with Gasteiger partial charge >= 0.3 is 0 Å². The number of hydrogen-bond acceptors (Lipinski definition) is 2. The van der Waals surface area contributed by atoms with Gasteiger partial charge in [-0.05, 0) is 24.6 Å². The number of nitrogens with one attached hydrogen (secondary N) is 1. The molecule has 16 heavy (non-hydrogen) atoms. The van der Waals surface area contributed by atoms with Crippen molar-refractivity contribution in [1.82, 2.24) is 5.32 Å². The Morgan fingerprint density at radius 1 is 1.44 bits per heavy atom. The molecule has 4 heteroatoms. The zero-order valence-corrected chi connectivity index (χ0v) is 9.08. The highest BCUT2D eigenvalue weighted by molar-refractivity contribution is 5.21. The van der Waals surface area contributed by atoms with Crippen molar-refractivity contribution in [2.24, 2.45) is 0 Å². The standard InChI is InChI=1S/C12H15F2NO/c1-3-6-15-8(2)12(16)9-4-5-10(13)11(14)7-9/h3-5,7-8,12,15-16H,1,6H2,2H3. The molecule has 0 aliphatic heterocycles. The number of rotatable bonds is 5. The molecule has 0 saturated heterocycles. The van der Waals surface area contributed by atoms with Crippen molar-refractivity contribution in [2.45, 2.75) is 19.1 Å². The van der Waals surface area contributed by atoms with Gasteiger partial charge in [-0.25, -0.2) is 8.78 Å². The van der Waals surface area contributed by atoms with E-state index in [1.165, 1.54) is 6.07 Å². The zero-order valence-electron chi connectivity index (χ0n) is 9.08. The fraction of sp³-hybridized carbons (Fsp3) is 0.333. The molecule has 0 bridgehead atoms. The summed E-state index contributed by atoms with van der Waals surface area (Å²) in [5, 5.41) is 12.8. The molecule has 2 atom stereocenters. The minimum Gasteiger partial charge on any atom is -0.387 e. The molecule has 0 spiro atoms. The summed E-state index contributed by atoms with van der Waals surface area (Å²) in [6.45, 7) is 5.84. The van der Waals surface area contributed by atoms with Crippen molar-refractivity contribution < 1.29 is 13.9 Å². The maximum absolute atomic E-state index is 12.9. The van der Waals surface area contributed by atoms with Crippen LogP contribution < -0.4 is 5.32 Å². The average molecular weight is 227 g/mol. The van der Waals surface area contributed by atoms with Crippen LogP contribution in [0.1, 0.15) is 18.6 Å². The van der Waals surface area contributed by atoms with Gasteiger partial charge in [0.15, 0.2) is 11.6 Å². The third-order valence-electron chi connectivity index (χ3n) is 2.34. The Morgan fingerprint density at radius 2 is 2.12 bits per heavy atom. The van der Waals surface area contributed by atoms with Crippen molar-refractivity contribution >= 4 is 0 Å². The average Bonchev–Trinajstić information content (AvgIpc) is 2.28. The van der Waals surface area contributed by atoms with E-state index in [2.05, 4.69) is 11.9 Å². The fourth-order valence-corrected chi connectivity index (χ4v) is 1.37. The van der Waals surface area contributed by atoms with Crippen molar-refractivity contribution in [1.29, 1.82) is 0 Å². The van der Waals surface area contributed by atoms with Gasteiger partial charge in [0, 0.05) is 12.6 Å². The Balaban J connectivity index is 2.75. The molecule has 88 valence electrons. The molecule has 0 aliphatic carbocycles. The molecule has 1 rings (SSSR count). The summed E-state index contributed by atoms with van der Waals surface area (Å²) >= 11 is 0. The Morgan fingerprint density at radius 3 is 2.69 bits per heavy atom. The van der Waals surface area contributed by atoms with Crippen molar-refractivity contribution in [3.05, 3.63) is 48.1 Å². The molecular weight excluding hydrogens is 212 g/mol. The number of aliphatic hydroxyl groups excluding tert-OH is 1. The maximum atomic E-state index is 12.9. The van der Waals surface area contributed by atoms with Gasteiger partial charge in [0.25, 0.3) is 0 Å². The Labute approximate surface area is 93.6 Å². The second-order valence-corrected chi connectivity index (χ2v) is 3.60. The van der Waals surface area contributed by atoms with Gasteiger partial charge in [0.1, 0.15) is 0 Å². The van der Waals surface area contributed by atoms with Crippen LogP contribution in [0.25, 0.3) is 0 Å². The van der Waals surface area contributed by atoms with Crippen molar-refractivity contribution in [3.8, 4) is 0 Å². The van der Waals surface area contributed by atoms with Gasteiger partial charge in [-0.15, -0.1) is 6.58 Å². The predicted octanol–water partition coefficient (Wildman–Crippen LogP) is 2.16. The van der Waals surface area contributed by atoms with Crippen LogP contribution in [0.2, 0.25) is 0 Å². The van der Waals surface area contributed by atoms with Crippen LogP contribution >= 0.6 is 0 Å². The molecule has 0 aliphatic rings. The summed E-state index contributed by atoms with van der Waals surface area (Å²) in [6, 6.07) is 3.12. The van der Waals surface area contributed by atoms with Gasteiger partial charge in [-0.3, -0.25) is 0 Å². The lowest BCUT2D eigenvalue weighted by Crippen LogP contribution is -2.32. The predicted molar refractivity (Wildman–Crippen MR) is 59.0 cm³/mol. The second kappa shape index (κ2) is 5.72. The summed E-state index contributed by atoms with van der Waals surface area (Å²) in [4.78, 5) is 0. The molecule has 0 fully saturated rings. The lowest BCUT2D eigenvalue weighted by molar-refractivity contribution is 0.137. The van der Waals surface area contributed by atoms with E-state index in [0.29, 0.717) is 12.1 Å². The van der Waals surface area contributed by atoms with Crippen LogP contribution in [0.5, 0.6) is 0 Å². The van der Waals surface area contributed by atoms with E-state index in [1.807, 2.05) is 0 Å². The molecule has 0 saturated carbocycles. The summed E-state index contributed by atoms with van der Waals surface area (Å²) < 4.78 is 25.6. The highest BCUT2D eigenvalue weighted by atomic mass is 19.2. The van der Waals surface area contributed by atoms with E-state index in [0.717, 1.165) is 12.1 Å². The highest BCUT2D eigenvalue weighted by Crippen LogP contribution is 2.19. The molecule has 2 nitrogen and oxygen atoms in total. The van der Waals surface area contributed by atoms with E-state index in [4.69, 9.17) is 0 Å². The van der Waals surface area contributed by atoms with Crippen LogP contribution in [0.3, 0.4) is 0 Å². The van der Waals surface area contributed by atoms with E-state index < -0.39 is 17.7 Å². The number of hydrogen-bond donors (Lipinski definition) is 2. The first kappa shape index (κ1) is 12.8. The molecule has 2 N–H and O–H groups in total. The molecular formula is C12H15F2NO. The number of halogens is 2. The third-order valence-corrected chi connectivity index (χ3v) is 2.34. The van der Waals surface area contributed by atoms with Gasteiger partial charge in [-0.2, -0.15) is 0 Å². The minimum absolute atomic E-state index is 0.261. The first-order chi connectivity index (χ1) is 7.56. The maximum Gasteiger partial charge on any atom is 0.159 e. The Kier molecular flexibility index (Phi) is 4.58. The number of aliphatic hydroxyl groups is 1. The summed E-state index contributed by atoms with van der Waals surface area (Å²) in [6.07, 6.45) is 0.782. The molecule has 0 amide bonds. The van der Waals surface area contributed by atoms with Crippen molar-refractivity contribution in [3.63, 3.8) is 0 Å². The Hall–Kier alpha value is -1.26. The van der Waals surface area contributed by atoms with E-state index in [-0.39, 0.29) is 6.04 Å². The largest absolute Gasteiger partial charge is 0.387 e. The van der Waals surface area contributed by atoms with Crippen LogP contribution in [-0.4, -0.2) is 17.7 Å². The normalized spacial score (nSPS) is 14.5. The molecule has 1 aromatic carbocycles. The zero-order chi connectivity index (χ0) is 12.1. The molecule has 2 unspecified atom stereocenters. The van der Waals surface area contributed by atoms with E-state index in [1.54, 1.807) is 13.0 Å². The first-order valence-corrected chi connectivity index (χ1v) is 5.03. The SMILES string of the molecule is C=CCNC(C)C(O)c1ccc(F)c(F)c1. The smallest absolute Gasteiger partial charge is 0.159 e. The third kappa shape index (κ3) is 3.12. The van der Waals surface area contributed by atoms with Crippen LogP contribution in [0.4, 0.5) is 8.78 Å². The van der Waals surface area contributed by atoms with Crippen LogP contribution in [0, 0.1) is 11.6 Å². The summed E-state index contributed by atoms with van der Waals surface area (Å²) in [7, 11) is 0. The van der Waals surface area contributed by atoms with Crippen LogP contribution in [0.15, 0.2) is 30.9 Å². The van der Waals surface area contributed by atoms with Gasteiger partial charge < -0.3 is 10.4 Å². The summed E-state index contributed by atoms with van der Waals surface area (Å²) in [5.74, 6) is -1.87. The highest BCUT2D eigenvalue weighted by Gasteiger charge is 2.16. The quantitative estimate of drug-likeness (QED) is 0.755. The van der Waals surface area contributed by atoms with E-state index in [9.17, 15) is 13.9 Å². The lowest BCUT2D eigenvalue weighted by Gasteiger charge is -2.20. The molecule has 0 heterocycles. The molecule has 0 radical (unpaired) electrons. The van der Waals surface area contributed by atoms with E-state index >= 15 is 0 Å². The monoisotopic (exact) mass is 227 g/mol. The fourth-order valence-electron chi connectivity index (χ4n) is 1.37. The Bertz CT molecular complexity index is 368.